The van der Waals surface area contributed by atoms with Gasteiger partial charge in [-0.05, 0) is 79.3 Å². The molecule has 0 bridgehead atoms. The number of aliphatic imine (C=N–C) groups is 2. The Morgan fingerprint density at radius 3 is 1.27 bits per heavy atom. The number of nitrogens with zero attached hydrogens (tertiary/aromatic N) is 2. The molecule has 2 aromatic rings. The number of carbonyl (C=O) groups excluding carboxylic acids is 10. The zero-order valence-corrected chi connectivity index (χ0v) is 45.2. The van der Waals surface area contributed by atoms with Gasteiger partial charge in [-0.15, -0.1) is 0 Å². The van der Waals surface area contributed by atoms with Gasteiger partial charge in [0.05, 0.1) is 19.6 Å². The Labute approximate surface area is 462 Å². The minimum absolute atomic E-state index is 0.0181. The zero-order chi connectivity index (χ0) is 60.2. The highest BCUT2D eigenvalue weighted by Gasteiger charge is 2.36. The van der Waals surface area contributed by atoms with Gasteiger partial charge in [0.25, 0.3) is 0 Å². The van der Waals surface area contributed by atoms with Gasteiger partial charge in [0.15, 0.2) is 11.9 Å². The molecule has 10 amide bonds. The van der Waals surface area contributed by atoms with E-state index in [-0.39, 0.29) is 87.4 Å². The molecular formula is C50H79N17O13. The molecule has 0 fully saturated rings. The van der Waals surface area contributed by atoms with Gasteiger partial charge in [0.2, 0.25) is 59.1 Å². The van der Waals surface area contributed by atoms with E-state index >= 15 is 0 Å². The lowest BCUT2D eigenvalue weighted by atomic mass is 9.99. The number of aliphatic hydroxyl groups excluding tert-OH is 1. The van der Waals surface area contributed by atoms with E-state index in [1.165, 1.54) is 48.5 Å². The van der Waals surface area contributed by atoms with E-state index in [0.29, 0.717) is 11.1 Å². The van der Waals surface area contributed by atoms with Crippen LogP contribution in [0, 0.1) is 11.8 Å². The molecule has 30 nitrogen and oxygen atoms in total. The second kappa shape index (κ2) is 34.2. The first-order valence-corrected chi connectivity index (χ1v) is 25.6. The van der Waals surface area contributed by atoms with Crippen molar-refractivity contribution in [2.75, 3.05) is 26.2 Å². The molecule has 0 radical (unpaired) electrons. The number of nitrogens with one attached hydrogen (secondary N) is 8. The smallest absolute Gasteiger partial charge is 0.243 e. The van der Waals surface area contributed by atoms with E-state index in [2.05, 4.69) is 52.5 Å². The van der Waals surface area contributed by atoms with Crippen molar-refractivity contribution in [3.8, 4) is 11.5 Å². The van der Waals surface area contributed by atoms with Gasteiger partial charge in [-0.2, -0.15) is 0 Å². The molecule has 0 saturated heterocycles. The SMILES string of the molecule is CC(C)C[C@H](NC(=O)[C@H](CC(N)=O)NC(=O)[C@H](Cc1ccc(O)cc1)NC(=O)CN)C(=O)N[C@@H](Cc1ccc(O)cc1)C(=O)N[C@@H](CCCN=C(N)N)C(=O)N[C@H](C(=O)N[C@@H](CCCN=C(N)N)C(=O)N[C@@H](CO)C(N)=O)C(C)C. The summed E-state index contributed by atoms with van der Waals surface area (Å²) in [5.41, 5.74) is 39.1. The minimum atomic E-state index is -1.70. The van der Waals surface area contributed by atoms with Gasteiger partial charge in [-0.3, -0.25) is 57.9 Å². The van der Waals surface area contributed by atoms with E-state index in [1.54, 1.807) is 27.7 Å². The second-order valence-corrected chi connectivity index (χ2v) is 19.4. The summed E-state index contributed by atoms with van der Waals surface area (Å²) in [4.78, 5) is 143. The molecule has 2 aromatic carbocycles. The Hall–Kier alpha value is -8.80. The Morgan fingerprint density at radius 1 is 0.487 bits per heavy atom. The standard InChI is InChI=1S/C50H79N17O13/c1-25(2)19-33(63-47(79)36(22-38(52)71)65-45(77)34(60-39(72)23-51)20-27-9-13-29(69)14-10-27)44(76)64-35(21-28-11-15-30(70)16-12-28)46(78)61-32(8-6-18-59-50(56)57)43(75)67-40(26(3)4)48(80)62-31(7-5-17-58-49(54)55)42(74)66-37(24-68)41(53)73/h9-16,25-26,31-37,40,68-70H,5-8,17-24,51H2,1-4H3,(H2,52,71)(H2,53,73)(H,60,72)(H,61,78)(H,62,80)(H,63,79)(H,64,76)(H,65,77)(H,66,74)(H,67,75)(H4,54,55,58)(H4,56,57,59)/t31-,32-,33-,34-,35-,36-,37-,40-/m0/s1. The molecule has 0 unspecified atom stereocenters. The molecule has 0 aliphatic rings. The average molecular weight is 1130 g/mol. The van der Waals surface area contributed by atoms with Crippen LogP contribution in [0.4, 0.5) is 0 Å². The summed E-state index contributed by atoms with van der Waals surface area (Å²) in [5, 5.41) is 49.5. The molecule has 8 atom stereocenters. The number of amides is 10. The highest BCUT2D eigenvalue weighted by Crippen LogP contribution is 2.16. The third-order valence-corrected chi connectivity index (χ3v) is 11.8. The number of carbonyl (C=O) groups is 10. The Balaban J connectivity index is 2.56. The summed E-state index contributed by atoms with van der Waals surface area (Å²) in [6.45, 7) is 5.28. The lowest BCUT2D eigenvalue weighted by molar-refractivity contribution is -0.136. The normalized spacial score (nSPS) is 13.9. The number of rotatable bonds is 35. The molecule has 0 heterocycles. The number of aromatic hydroxyl groups is 2. The van der Waals surface area contributed by atoms with Crippen molar-refractivity contribution in [1.29, 1.82) is 0 Å². The van der Waals surface area contributed by atoms with Crippen LogP contribution in [-0.4, -0.2) is 161 Å². The second-order valence-electron chi connectivity index (χ2n) is 19.4. The topological polar surface area (TPSA) is 534 Å². The molecular weight excluding hydrogens is 1050 g/mol. The minimum Gasteiger partial charge on any atom is -0.508 e. The van der Waals surface area contributed by atoms with Gasteiger partial charge in [0, 0.05) is 25.9 Å². The predicted molar refractivity (Wildman–Crippen MR) is 292 cm³/mol. The largest absolute Gasteiger partial charge is 0.508 e. The molecule has 442 valence electrons. The third-order valence-electron chi connectivity index (χ3n) is 11.8. The van der Waals surface area contributed by atoms with Crippen LogP contribution in [0.15, 0.2) is 58.5 Å². The molecule has 0 saturated carbocycles. The van der Waals surface area contributed by atoms with Gasteiger partial charge in [0.1, 0.15) is 59.8 Å². The van der Waals surface area contributed by atoms with E-state index in [1.807, 2.05) is 0 Å². The first kappa shape index (κ1) is 67.3. The van der Waals surface area contributed by atoms with Crippen LogP contribution in [0.5, 0.6) is 11.5 Å². The maximum Gasteiger partial charge on any atom is 0.243 e. The van der Waals surface area contributed by atoms with Crippen LogP contribution in [0.1, 0.15) is 77.3 Å². The summed E-state index contributed by atoms with van der Waals surface area (Å²) in [6, 6.07) is -0.494. The van der Waals surface area contributed by atoms with Crippen LogP contribution in [0.3, 0.4) is 0 Å². The van der Waals surface area contributed by atoms with Crippen LogP contribution >= 0.6 is 0 Å². The average Bonchev–Trinajstić information content (AvgIpc) is 3.38. The van der Waals surface area contributed by atoms with Gasteiger partial charge < -0.3 is 98.0 Å². The monoisotopic (exact) mass is 1130 g/mol. The van der Waals surface area contributed by atoms with Crippen molar-refractivity contribution >= 4 is 71.0 Å². The lowest BCUT2D eigenvalue weighted by Gasteiger charge is -2.29. The molecule has 30 heteroatoms. The van der Waals surface area contributed by atoms with E-state index in [0.717, 1.165) is 0 Å². The molecule has 2 rings (SSSR count). The van der Waals surface area contributed by atoms with Crippen molar-refractivity contribution in [3.63, 3.8) is 0 Å². The number of nitrogens with two attached hydrogens (primary N) is 7. The van der Waals surface area contributed by atoms with Crippen LogP contribution in [0.25, 0.3) is 0 Å². The fraction of sp³-hybridized carbons (Fsp3) is 0.520. The van der Waals surface area contributed by atoms with Gasteiger partial charge in [-0.25, -0.2) is 0 Å². The maximum atomic E-state index is 14.6. The zero-order valence-electron chi connectivity index (χ0n) is 45.2. The quantitative estimate of drug-likeness (QED) is 0.0173. The number of hydrogen-bond acceptors (Lipinski definition) is 16. The number of primary amides is 2. The van der Waals surface area contributed by atoms with Gasteiger partial charge in [-0.1, -0.05) is 52.0 Å². The van der Waals surface area contributed by atoms with Crippen molar-refractivity contribution in [1.82, 2.24) is 42.5 Å². The Kier molecular flexibility index (Phi) is 28.7. The Morgan fingerprint density at radius 2 is 0.863 bits per heavy atom. The maximum absolute atomic E-state index is 14.6. The molecule has 0 aromatic heterocycles. The summed E-state index contributed by atoms with van der Waals surface area (Å²) < 4.78 is 0. The molecule has 0 aliphatic carbocycles. The van der Waals surface area contributed by atoms with E-state index < -0.39 is 133 Å². The van der Waals surface area contributed by atoms with Crippen LogP contribution in [0.2, 0.25) is 0 Å². The molecule has 0 spiro atoms. The highest BCUT2D eigenvalue weighted by molar-refractivity contribution is 5.99. The summed E-state index contributed by atoms with van der Waals surface area (Å²) in [5.74, 6) is -11.0. The first-order chi connectivity index (χ1) is 37.6. The lowest BCUT2D eigenvalue weighted by Crippen LogP contribution is -2.61. The van der Waals surface area contributed by atoms with Gasteiger partial charge >= 0.3 is 0 Å². The molecule has 25 N–H and O–H groups in total. The van der Waals surface area contributed by atoms with Crippen LogP contribution < -0.4 is 82.7 Å². The van der Waals surface area contributed by atoms with E-state index in [4.69, 9.17) is 40.1 Å². The fourth-order valence-electron chi connectivity index (χ4n) is 7.68. The summed E-state index contributed by atoms with van der Waals surface area (Å²) in [6.07, 6.45) is -1.27. The highest BCUT2D eigenvalue weighted by atomic mass is 16.3. The number of phenols is 2. The number of guanidine groups is 2. The third kappa shape index (κ3) is 25.1. The number of hydrogen-bond donors (Lipinski definition) is 18. The van der Waals surface area contributed by atoms with E-state index in [9.17, 15) is 63.3 Å². The fourth-order valence-corrected chi connectivity index (χ4v) is 7.68. The number of benzene rings is 2. The molecule has 80 heavy (non-hydrogen) atoms. The summed E-state index contributed by atoms with van der Waals surface area (Å²) in [7, 11) is 0. The van der Waals surface area contributed by atoms with Crippen molar-refractivity contribution in [2.45, 2.75) is 127 Å². The number of phenolic OH excluding ortho intramolecular Hbond substituents is 2. The first-order valence-electron chi connectivity index (χ1n) is 25.6. The van der Waals surface area contributed by atoms with Crippen molar-refractivity contribution in [2.24, 2.45) is 62.0 Å². The molecule has 0 aliphatic heterocycles. The Bertz CT molecular complexity index is 2490. The predicted octanol–water partition coefficient (Wildman–Crippen LogP) is -6.12. The van der Waals surface area contributed by atoms with Crippen molar-refractivity contribution in [3.05, 3.63) is 59.7 Å². The number of aliphatic hydroxyl groups is 1. The van der Waals surface area contributed by atoms with Crippen LogP contribution in [-0.2, 0) is 60.8 Å². The van der Waals surface area contributed by atoms with Crippen molar-refractivity contribution < 1.29 is 63.3 Å². The summed E-state index contributed by atoms with van der Waals surface area (Å²) >= 11 is 0.